The Morgan fingerprint density at radius 2 is 1.53 bits per heavy atom. The second-order valence-electron chi connectivity index (χ2n) is 5.96. The summed E-state index contributed by atoms with van der Waals surface area (Å²) in [5, 5.41) is 3.55. The summed E-state index contributed by atoms with van der Waals surface area (Å²) in [6.45, 7) is 18.5. The van der Waals surface area contributed by atoms with Crippen LogP contribution in [0.2, 0.25) is 0 Å². The van der Waals surface area contributed by atoms with Crippen molar-refractivity contribution in [3.63, 3.8) is 0 Å². The first-order valence-corrected chi connectivity index (χ1v) is 7.45. The Hall–Kier alpha value is -0.0800. The monoisotopic (exact) mass is 242 g/mol. The summed E-state index contributed by atoms with van der Waals surface area (Å²) >= 11 is 0. The first-order chi connectivity index (χ1) is 8.01. The fraction of sp³-hybridized carbons (Fsp3) is 1.00. The van der Waals surface area contributed by atoms with E-state index < -0.39 is 0 Å². The van der Waals surface area contributed by atoms with Gasteiger partial charge in [-0.25, -0.2) is 0 Å². The maximum absolute atomic E-state index is 3.55. The van der Waals surface area contributed by atoms with E-state index >= 15 is 0 Å². The van der Waals surface area contributed by atoms with Gasteiger partial charge in [0, 0.05) is 25.7 Å². The smallest absolute Gasteiger partial charge is 0.0110 e. The van der Waals surface area contributed by atoms with Gasteiger partial charge in [-0.05, 0) is 31.2 Å². The van der Waals surface area contributed by atoms with Gasteiger partial charge in [-0.1, -0.05) is 41.5 Å². The molecule has 0 aliphatic carbocycles. The molecule has 0 heterocycles. The highest BCUT2D eigenvalue weighted by atomic mass is 15.2. The Balaban J connectivity index is 4.00. The predicted molar refractivity (Wildman–Crippen MR) is 78.5 cm³/mol. The minimum Gasteiger partial charge on any atom is -0.315 e. The number of nitrogens with one attached hydrogen (secondary N) is 1. The van der Waals surface area contributed by atoms with Crippen molar-refractivity contribution >= 4 is 0 Å². The van der Waals surface area contributed by atoms with E-state index in [1.807, 2.05) is 0 Å². The minimum atomic E-state index is 0.752. The fourth-order valence-corrected chi connectivity index (χ4v) is 2.31. The van der Waals surface area contributed by atoms with E-state index in [1.54, 1.807) is 0 Å². The number of hydrogen-bond donors (Lipinski definition) is 1. The Bertz CT molecular complexity index is 162. The molecular weight excluding hydrogens is 208 g/mol. The molecule has 0 saturated carbocycles. The lowest BCUT2D eigenvalue weighted by atomic mass is 10.1. The zero-order valence-electron chi connectivity index (χ0n) is 12.9. The summed E-state index contributed by atoms with van der Waals surface area (Å²) in [5.74, 6) is 1.52. The highest BCUT2D eigenvalue weighted by Crippen LogP contribution is 2.10. The summed E-state index contributed by atoms with van der Waals surface area (Å²) in [7, 11) is 0. The molecule has 0 aromatic carbocycles. The zero-order chi connectivity index (χ0) is 13.3. The van der Waals surface area contributed by atoms with E-state index in [-0.39, 0.29) is 0 Å². The van der Waals surface area contributed by atoms with Gasteiger partial charge in [0.25, 0.3) is 0 Å². The molecule has 0 aliphatic heterocycles. The molecule has 0 atom stereocenters. The van der Waals surface area contributed by atoms with Crippen LogP contribution in [0.1, 0.15) is 54.4 Å². The molecule has 0 bridgehead atoms. The Kier molecular flexibility index (Phi) is 9.85. The van der Waals surface area contributed by atoms with E-state index in [1.165, 1.54) is 25.9 Å². The van der Waals surface area contributed by atoms with Crippen LogP contribution in [-0.2, 0) is 0 Å². The quantitative estimate of drug-likeness (QED) is 0.591. The topological polar surface area (TPSA) is 15.3 Å². The molecule has 0 spiro atoms. The standard InChI is InChI=1S/C15H34N2/c1-7-15(8-2)17(12-14(5)6)10-9-16-11-13(3)4/h13-16H,7-12H2,1-6H3. The first kappa shape index (κ1) is 16.9. The molecule has 0 radical (unpaired) electrons. The number of hydrogen-bond acceptors (Lipinski definition) is 2. The molecule has 17 heavy (non-hydrogen) atoms. The van der Waals surface area contributed by atoms with Gasteiger partial charge < -0.3 is 5.32 Å². The average Bonchev–Trinajstić information content (AvgIpc) is 2.24. The van der Waals surface area contributed by atoms with Crippen molar-refractivity contribution in [3.8, 4) is 0 Å². The third-order valence-corrected chi connectivity index (χ3v) is 3.19. The van der Waals surface area contributed by atoms with Crippen molar-refractivity contribution in [2.45, 2.75) is 60.4 Å². The van der Waals surface area contributed by atoms with Gasteiger partial charge >= 0.3 is 0 Å². The second-order valence-corrected chi connectivity index (χ2v) is 5.96. The highest BCUT2D eigenvalue weighted by Gasteiger charge is 2.15. The molecule has 0 unspecified atom stereocenters. The Morgan fingerprint density at radius 1 is 0.941 bits per heavy atom. The van der Waals surface area contributed by atoms with Crippen molar-refractivity contribution in [1.29, 1.82) is 0 Å². The van der Waals surface area contributed by atoms with Crippen LogP contribution < -0.4 is 5.32 Å². The number of rotatable bonds is 10. The lowest BCUT2D eigenvalue weighted by Gasteiger charge is -2.32. The Morgan fingerprint density at radius 3 is 1.94 bits per heavy atom. The van der Waals surface area contributed by atoms with Crippen LogP contribution in [0.4, 0.5) is 0 Å². The molecule has 0 rings (SSSR count). The van der Waals surface area contributed by atoms with Crippen molar-refractivity contribution in [3.05, 3.63) is 0 Å². The van der Waals surface area contributed by atoms with Crippen molar-refractivity contribution in [2.75, 3.05) is 26.2 Å². The largest absolute Gasteiger partial charge is 0.315 e. The predicted octanol–water partition coefficient (Wildman–Crippen LogP) is 3.38. The normalized spacial score (nSPS) is 12.4. The van der Waals surface area contributed by atoms with Gasteiger partial charge in [0.05, 0.1) is 0 Å². The summed E-state index contributed by atoms with van der Waals surface area (Å²) < 4.78 is 0. The van der Waals surface area contributed by atoms with Crippen molar-refractivity contribution in [1.82, 2.24) is 10.2 Å². The molecule has 104 valence electrons. The van der Waals surface area contributed by atoms with Gasteiger partial charge in [-0.2, -0.15) is 0 Å². The molecule has 0 fully saturated rings. The van der Waals surface area contributed by atoms with E-state index in [0.29, 0.717) is 0 Å². The van der Waals surface area contributed by atoms with Gasteiger partial charge in [0.2, 0.25) is 0 Å². The lowest BCUT2D eigenvalue weighted by Crippen LogP contribution is -2.41. The summed E-state index contributed by atoms with van der Waals surface area (Å²) in [5.41, 5.74) is 0. The van der Waals surface area contributed by atoms with Crippen LogP contribution >= 0.6 is 0 Å². The van der Waals surface area contributed by atoms with Crippen LogP contribution in [-0.4, -0.2) is 37.1 Å². The summed E-state index contributed by atoms with van der Waals surface area (Å²) in [6, 6.07) is 0.762. The van der Waals surface area contributed by atoms with Gasteiger partial charge in [0.15, 0.2) is 0 Å². The van der Waals surface area contributed by atoms with Crippen LogP contribution in [0.3, 0.4) is 0 Å². The maximum Gasteiger partial charge on any atom is 0.0110 e. The van der Waals surface area contributed by atoms with Crippen molar-refractivity contribution < 1.29 is 0 Å². The van der Waals surface area contributed by atoms with Crippen LogP contribution in [0.25, 0.3) is 0 Å². The van der Waals surface area contributed by atoms with E-state index in [0.717, 1.165) is 31.0 Å². The molecule has 2 heteroatoms. The lowest BCUT2D eigenvalue weighted by molar-refractivity contribution is 0.166. The van der Waals surface area contributed by atoms with Gasteiger partial charge in [0.1, 0.15) is 0 Å². The Labute approximate surface area is 109 Å². The van der Waals surface area contributed by atoms with Gasteiger partial charge in [-0.3, -0.25) is 4.90 Å². The first-order valence-electron chi connectivity index (χ1n) is 7.45. The third-order valence-electron chi connectivity index (χ3n) is 3.19. The molecule has 0 aliphatic rings. The van der Waals surface area contributed by atoms with E-state index in [4.69, 9.17) is 0 Å². The molecule has 0 aromatic rings. The highest BCUT2D eigenvalue weighted by molar-refractivity contribution is 4.71. The van der Waals surface area contributed by atoms with Crippen LogP contribution in [0, 0.1) is 11.8 Å². The zero-order valence-corrected chi connectivity index (χ0v) is 12.9. The number of nitrogens with zero attached hydrogens (tertiary/aromatic N) is 1. The van der Waals surface area contributed by atoms with Gasteiger partial charge in [-0.15, -0.1) is 0 Å². The summed E-state index contributed by atoms with van der Waals surface area (Å²) in [4.78, 5) is 2.66. The SMILES string of the molecule is CCC(CC)N(CCNCC(C)C)CC(C)C. The third kappa shape index (κ3) is 8.62. The molecule has 0 aromatic heterocycles. The molecule has 2 nitrogen and oxygen atoms in total. The van der Waals surface area contributed by atoms with E-state index in [9.17, 15) is 0 Å². The van der Waals surface area contributed by atoms with Crippen LogP contribution in [0.5, 0.6) is 0 Å². The average molecular weight is 242 g/mol. The fourth-order valence-electron chi connectivity index (χ4n) is 2.31. The minimum absolute atomic E-state index is 0.752. The second kappa shape index (κ2) is 9.90. The molecular formula is C15H34N2. The van der Waals surface area contributed by atoms with Crippen LogP contribution in [0.15, 0.2) is 0 Å². The van der Waals surface area contributed by atoms with Crippen molar-refractivity contribution in [2.24, 2.45) is 11.8 Å². The molecule has 0 saturated heterocycles. The molecule has 0 amide bonds. The maximum atomic E-state index is 3.55. The summed E-state index contributed by atoms with van der Waals surface area (Å²) in [6.07, 6.45) is 2.54. The van der Waals surface area contributed by atoms with E-state index in [2.05, 4.69) is 51.8 Å². The molecule has 1 N–H and O–H groups in total.